The number of nitrogens with one attached hydrogen (secondary N) is 1. The smallest absolute Gasteiger partial charge is 0.240 e. The predicted octanol–water partition coefficient (Wildman–Crippen LogP) is -0.525. The van der Waals surface area contributed by atoms with Gasteiger partial charge in [-0.1, -0.05) is 11.6 Å². The molecule has 0 unspecified atom stereocenters. The lowest BCUT2D eigenvalue weighted by atomic mass is 10.3. The number of halogens is 1. The minimum atomic E-state index is -0.325. The van der Waals surface area contributed by atoms with Gasteiger partial charge in [-0.15, -0.1) is 0 Å². The van der Waals surface area contributed by atoms with Crippen LogP contribution in [-0.4, -0.2) is 49.6 Å². The van der Waals surface area contributed by atoms with Crippen LogP contribution in [0.4, 0.5) is 0 Å². The van der Waals surface area contributed by atoms with Gasteiger partial charge in [-0.25, -0.2) is 9.97 Å². The van der Waals surface area contributed by atoms with E-state index < -0.39 is 0 Å². The van der Waals surface area contributed by atoms with Crippen LogP contribution in [0.25, 0.3) is 11.0 Å². The van der Waals surface area contributed by atoms with Crippen molar-refractivity contribution < 1.29 is 9.59 Å². The standard InChI is InChI=1S/C11H11ClN6O2/c1-17-11-6(2-13-17)10(12)14-7(15-11)3-18-4-8(19)16-9(20)5-18/h2H,3-5H2,1H3,(H,16,19,20). The fourth-order valence-corrected chi connectivity index (χ4v) is 2.34. The average Bonchev–Trinajstić information content (AvgIpc) is 2.70. The van der Waals surface area contributed by atoms with E-state index in [1.54, 1.807) is 22.8 Å². The SMILES string of the molecule is Cn1ncc2c(Cl)nc(CN3CC(=O)NC(=O)C3)nc21. The van der Waals surface area contributed by atoms with Crippen LogP contribution < -0.4 is 5.32 Å². The number of aryl methyl sites for hydroxylation is 1. The third kappa shape index (κ3) is 2.35. The Hall–Kier alpha value is -2.06. The molecule has 1 aliphatic heterocycles. The van der Waals surface area contributed by atoms with Crippen LogP contribution in [0, 0.1) is 0 Å². The van der Waals surface area contributed by atoms with Gasteiger partial charge in [-0.05, 0) is 0 Å². The van der Waals surface area contributed by atoms with Crippen LogP contribution in [0.15, 0.2) is 6.20 Å². The summed E-state index contributed by atoms with van der Waals surface area (Å²) < 4.78 is 1.60. The molecule has 8 nitrogen and oxygen atoms in total. The van der Waals surface area contributed by atoms with Crippen LogP contribution >= 0.6 is 11.6 Å². The summed E-state index contributed by atoms with van der Waals surface area (Å²) in [7, 11) is 1.76. The highest BCUT2D eigenvalue weighted by Crippen LogP contribution is 2.19. The van der Waals surface area contributed by atoms with Crippen LogP contribution in [-0.2, 0) is 23.2 Å². The molecule has 1 N–H and O–H groups in total. The van der Waals surface area contributed by atoms with Crippen molar-refractivity contribution >= 4 is 34.4 Å². The quantitative estimate of drug-likeness (QED) is 0.591. The van der Waals surface area contributed by atoms with Crippen molar-refractivity contribution in [2.45, 2.75) is 6.54 Å². The van der Waals surface area contributed by atoms with Gasteiger partial charge >= 0.3 is 0 Å². The van der Waals surface area contributed by atoms with Crippen molar-refractivity contribution in [1.29, 1.82) is 0 Å². The summed E-state index contributed by atoms with van der Waals surface area (Å²) in [4.78, 5) is 32.8. The molecule has 0 saturated carbocycles. The summed E-state index contributed by atoms with van der Waals surface area (Å²) in [6.45, 7) is 0.548. The fourth-order valence-electron chi connectivity index (χ4n) is 2.11. The first-order chi connectivity index (χ1) is 9.52. The Bertz CT molecular complexity index is 696. The number of carbonyl (C=O) groups excluding carboxylic acids is 2. The zero-order chi connectivity index (χ0) is 14.3. The molecule has 104 valence electrons. The first kappa shape index (κ1) is 12.9. The Labute approximate surface area is 118 Å². The van der Waals surface area contributed by atoms with Crippen molar-refractivity contribution in [2.75, 3.05) is 13.1 Å². The molecule has 2 amide bonds. The molecule has 0 bridgehead atoms. The lowest BCUT2D eigenvalue weighted by Crippen LogP contribution is -2.51. The number of hydrogen-bond donors (Lipinski definition) is 1. The largest absolute Gasteiger partial charge is 0.294 e. The highest BCUT2D eigenvalue weighted by molar-refractivity contribution is 6.33. The van der Waals surface area contributed by atoms with Gasteiger partial charge in [-0.2, -0.15) is 5.10 Å². The van der Waals surface area contributed by atoms with Crippen molar-refractivity contribution in [3.8, 4) is 0 Å². The number of rotatable bonds is 2. The number of fused-ring (bicyclic) bond motifs is 1. The Morgan fingerprint density at radius 3 is 2.70 bits per heavy atom. The number of piperazine rings is 1. The Morgan fingerprint density at radius 1 is 1.30 bits per heavy atom. The van der Waals surface area contributed by atoms with E-state index in [0.717, 1.165) is 0 Å². The molecule has 3 heterocycles. The molecule has 3 rings (SSSR count). The summed E-state index contributed by atoms with van der Waals surface area (Å²) in [5.74, 6) is -0.198. The van der Waals surface area contributed by atoms with Crippen molar-refractivity contribution in [2.24, 2.45) is 7.05 Å². The average molecular weight is 295 g/mol. The normalized spacial score (nSPS) is 16.7. The van der Waals surface area contributed by atoms with E-state index >= 15 is 0 Å². The zero-order valence-corrected chi connectivity index (χ0v) is 11.4. The minimum Gasteiger partial charge on any atom is -0.294 e. The van der Waals surface area contributed by atoms with Crippen molar-refractivity contribution in [3.05, 3.63) is 17.2 Å². The highest BCUT2D eigenvalue weighted by atomic mass is 35.5. The predicted molar refractivity (Wildman–Crippen MR) is 69.7 cm³/mol. The first-order valence-corrected chi connectivity index (χ1v) is 6.30. The molecule has 0 aromatic carbocycles. The molecular weight excluding hydrogens is 284 g/mol. The van der Waals surface area contributed by atoms with Gasteiger partial charge in [0.05, 0.1) is 31.2 Å². The monoisotopic (exact) mass is 294 g/mol. The fraction of sp³-hybridized carbons (Fsp3) is 0.364. The van der Waals surface area contributed by atoms with Crippen LogP contribution in [0.1, 0.15) is 5.82 Å². The van der Waals surface area contributed by atoms with E-state index in [1.165, 1.54) is 0 Å². The second-order valence-electron chi connectivity index (χ2n) is 4.55. The van der Waals surface area contributed by atoms with Gasteiger partial charge < -0.3 is 0 Å². The number of nitrogens with zero attached hydrogens (tertiary/aromatic N) is 5. The van der Waals surface area contributed by atoms with E-state index in [4.69, 9.17) is 11.6 Å². The second kappa shape index (κ2) is 4.80. The molecule has 0 aliphatic carbocycles. The molecule has 1 fully saturated rings. The lowest BCUT2D eigenvalue weighted by molar-refractivity contribution is -0.136. The maximum Gasteiger partial charge on any atom is 0.240 e. The molecule has 1 aliphatic rings. The molecule has 0 spiro atoms. The Kier molecular flexibility index (Phi) is 3.11. The van der Waals surface area contributed by atoms with E-state index in [9.17, 15) is 9.59 Å². The lowest BCUT2D eigenvalue weighted by Gasteiger charge is -2.24. The summed E-state index contributed by atoms with van der Waals surface area (Å²) >= 11 is 6.08. The molecular formula is C11H11ClN6O2. The number of aromatic nitrogens is 4. The molecule has 0 radical (unpaired) electrons. The summed E-state index contributed by atoms with van der Waals surface area (Å²) in [6.07, 6.45) is 1.60. The van der Waals surface area contributed by atoms with Crippen molar-refractivity contribution in [3.63, 3.8) is 0 Å². The Balaban J connectivity index is 1.89. The molecule has 0 atom stereocenters. The number of amides is 2. The van der Waals surface area contributed by atoms with Gasteiger partial charge in [0.1, 0.15) is 11.0 Å². The number of hydrogen-bond acceptors (Lipinski definition) is 6. The van der Waals surface area contributed by atoms with Crippen LogP contribution in [0.3, 0.4) is 0 Å². The van der Waals surface area contributed by atoms with Gasteiger partial charge in [0.25, 0.3) is 0 Å². The van der Waals surface area contributed by atoms with Gasteiger partial charge in [-0.3, -0.25) is 24.5 Å². The molecule has 2 aromatic heterocycles. The van der Waals surface area contributed by atoms with Crippen LogP contribution in [0.2, 0.25) is 5.15 Å². The highest BCUT2D eigenvalue weighted by Gasteiger charge is 2.23. The second-order valence-corrected chi connectivity index (χ2v) is 4.91. The van der Waals surface area contributed by atoms with Gasteiger partial charge in [0, 0.05) is 7.05 Å². The zero-order valence-electron chi connectivity index (χ0n) is 10.6. The van der Waals surface area contributed by atoms with E-state index in [2.05, 4.69) is 20.4 Å². The maximum absolute atomic E-state index is 11.3. The summed E-state index contributed by atoms with van der Waals surface area (Å²) in [5.41, 5.74) is 0.618. The van der Waals surface area contributed by atoms with Crippen molar-refractivity contribution in [1.82, 2.24) is 30.0 Å². The third-order valence-corrected chi connectivity index (χ3v) is 3.26. The first-order valence-electron chi connectivity index (χ1n) is 5.92. The molecule has 1 saturated heterocycles. The van der Waals surface area contributed by atoms with E-state index in [-0.39, 0.29) is 31.4 Å². The maximum atomic E-state index is 11.3. The van der Waals surface area contributed by atoms with E-state index in [0.29, 0.717) is 22.0 Å². The van der Waals surface area contributed by atoms with E-state index in [1.807, 2.05) is 0 Å². The molecule has 9 heteroatoms. The number of carbonyl (C=O) groups is 2. The topological polar surface area (TPSA) is 93.0 Å². The van der Waals surface area contributed by atoms with Gasteiger partial charge in [0.2, 0.25) is 11.8 Å². The third-order valence-electron chi connectivity index (χ3n) is 2.97. The molecule has 20 heavy (non-hydrogen) atoms. The number of imide groups is 1. The summed E-state index contributed by atoms with van der Waals surface area (Å²) in [6, 6.07) is 0. The molecule has 2 aromatic rings. The summed E-state index contributed by atoms with van der Waals surface area (Å²) in [5, 5.41) is 7.29. The van der Waals surface area contributed by atoms with Crippen LogP contribution in [0.5, 0.6) is 0 Å². The van der Waals surface area contributed by atoms with Gasteiger partial charge in [0.15, 0.2) is 5.65 Å². The Morgan fingerprint density at radius 2 is 2.00 bits per heavy atom. The minimum absolute atomic E-state index is 0.135.